The zero-order valence-electron chi connectivity index (χ0n) is 11.7. The van der Waals surface area contributed by atoms with Crippen molar-refractivity contribution in [2.45, 2.75) is 0 Å². The lowest BCUT2D eigenvalue weighted by molar-refractivity contribution is -0.475. The number of hydrogen-bond donors (Lipinski definition) is 1. The van der Waals surface area contributed by atoms with E-state index in [0.29, 0.717) is 0 Å². The minimum atomic E-state index is 1.27. The molecular formula is C20H16N+. The van der Waals surface area contributed by atoms with Crippen LogP contribution in [0.1, 0.15) is 0 Å². The van der Waals surface area contributed by atoms with Crippen LogP contribution in [0, 0.1) is 0 Å². The second kappa shape index (κ2) is 5.04. The van der Waals surface area contributed by atoms with Crippen LogP contribution in [-0.4, -0.2) is 0 Å². The molecule has 0 aliphatic heterocycles. The summed E-state index contributed by atoms with van der Waals surface area (Å²) >= 11 is 0. The van der Waals surface area contributed by atoms with Crippen molar-refractivity contribution in [3.63, 3.8) is 0 Å². The molecule has 1 heteroatoms. The van der Waals surface area contributed by atoms with Crippen molar-refractivity contribution in [1.29, 1.82) is 0 Å². The molecule has 0 aromatic heterocycles. The molecule has 0 amide bonds. The van der Waals surface area contributed by atoms with Crippen LogP contribution < -0.4 is 5.32 Å². The zero-order chi connectivity index (χ0) is 14.1. The molecule has 4 aromatic carbocycles. The molecule has 0 unspecified atom stereocenters. The van der Waals surface area contributed by atoms with Crippen LogP contribution in [0.3, 0.4) is 0 Å². The molecule has 1 nitrogen and oxygen atoms in total. The minimum absolute atomic E-state index is 1.27. The molecule has 21 heavy (non-hydrogen) atoms. The molecule has 0 radical (unpaired) electrons. The van der Waals surface area contributed by atoms with Gasteiger partial charge in [0, 0.05) is 22.9 Å². The Hall–Kier alpha value is -2.64. The lowest BCUT2D eigenvalue weighted by Crippen LogP contribution is -2.71. The van der Waals surface area contributed by atoms with Crippen LogP contribution in [0.25, 0.3) is 21.5 Å². The fourth-order valence-corrected chi connectivity index (χ4v) is 2.92. The van der Waals surface area contributed by atoms with Gasteiger partial charge >= 0.3 is 0 Å². The van der Waals surface area contributed by atoms with Crippen LogP contribution in [0.4, 0.5) is 11.4 Å². The van der Waals surface area contributed by atoms with E-state index in [1.54, 1.807) is 0 Å². The molecule has 2 N–H and O–H groups in total. The van der Waals surface area contributed by atoms with Gasteiger partial charge in [0.2, 0.25) is 0 Å². The number of nitrogens with two attached hydrogens (primary N) is 1. The summed E-state index contributed by atoms with van der Waals surface area (Å²) in [5.41, 5.74) is 2.54. The summed E-state index contributed by atoms with van der Waals surface area (Å²) in [6, 6.07) is 30.0. The third-order valence-electron chi connectivity index (χ3n) is 3.96. The first-order chi connectivity index (χ1) is 10.4. The first-order valence-electron chi connectivity index (χ1n) is 7.22. The predicted octanol–water partition coefficient (Wildman–Crippen LogP) is 4.52. The monoisotopic (exact) mass is 270 g/mol. The zero-order valence-corrected chi connectivity index (χ0v) is 11.7. The highest BCUT2D eigenvalue weighted by Crippen LogP contribution is 2.23. The average molecular weight is 270 g/mol. The maximum atomic E-state index is 2.28. The highest BCUT2D eigenvalue weighted by molar-refractivity contribution is 5.93. The van der Waals surface area contributed by atoms with Gasteiger partial charge in [0.1, 0.15) is 11.4 Å². The van der Waals surface area contributed by atoms with E-state index < -0.39 is 0 Å². The topological polar surface area (TPSA) is 16.6 Å². The summed E-state index contributed by atoms with van der Waals surface area (Å²) < 4.78 is 0. The first-order valence-corrected chi connectivity index (χ1v) is 7.22. The van der Waals surface area contributed by atoms with E-state index in [1.165, 1.54) is 32.9 Å². The van der Waals surface area contributed by atoms with Gasteiger partial charge in [0.05, 0.1) is 0 Å². The van der Waals surface area contributed by atoms with Crippen molar-refractivity contribution in [3.05, 3.63) is 84.9 Å². The van der Waals surface area contributed by atoms with Crippen LogP contribution in [0.15, 0.2) is 84.9 Å². The van der Waals surface area contributed by atoms with Gasteiger partial charge in [-0.15, -0.1) is 0 Å². The summed E-state index contributed by atoms with van der Waals surface area (Å²) in [6.45, 7) is 0. The number of fused-ring (bicyclic) bond motifs is 2. The van der Waals surface area contributed by atoms with Crippen LogP contribution in [-0.2, 0) is 0 Å². The molecular weight excluding hydrogens is 254 g/mol. The Morgan fingerprint density at radius 2 is 0.857 bits per heavy atom. The standard InChI is InChI=1S/C20H15N/c1-3-11-17-15(7-1)9-5-13-19(17)21-20-14-6-10-16-8-2-4-12-18(16)20/h1-14,21H/p+1. The van der Waals surface area contributed by atoms with Gasteiger partial charge < -0.3 is 0 Å². The lowest BCUT2D eigenvalue weighted by Gasteiger charge is -2.07. The van der Waals surface area contributed by atoms with Gasteiger partial charge in [0.25, 0.3) is 0 Å². The number of benzene rings is 4. The van der Waals surface area contributed by atoms with Crippen LogP contribution in [0.2, 0.25) is 0 Å². The van der Waals surface area contributed by atoms with E-state index in [4.69, 9.17) is 0 Å². The van der Waals surface area contributed by atoms with Crippen molar-refractivity contribution in [2.75, 3.05) is 0 Å². The summed E-state index contributed by atoms with van der Waals surface area (Å²) in [6.07, 6.45) is 0. The number of hydrogen-bond acceptors (Lipinski definition) is 0. The van der Waals surface area contributed by atoms with Gasteiger partial charge in [0.15, 0.2) is 0 Å². The molecule has 0 bridgehead atoms. The van der Waals surface area contributed by atoms with Gasteiger partial charge in [-0.2, -0.15) is 0 Å². The second-order valence-electron chi connectivity index (χ2n) is 5.28. The maximum absolute atomic E-state index is 2.28. The lowest BCUT2D eigenvalue weighted by atomic mass is 10.1. The first kappa shape index (κ1) is 12.1. The van der Waals surface area contributed by atoms with Crippen molar-refractivity contribution in [1.82, 2.24) is 0 Å². The number of rotatable bonds is 2. The summed E-state index contributed by atoms with van der Waals surface area (Å²) in [5.74, 6) is 0. The Bertz CT molecular complexity index is 837. The van der Waals surface area contributed by atoms with Crippen molar-refractivity contribution >= 4 is 32.9 Å². The molecule has 4 aromatic rings. The summed E-state index contributed by atoms with van der Waals surface area (Å²) in [5, 5.41) is 7.45. The fourth-order valence-electron chi connectivity index (χ4n) is 2.92. The highest BCUT2D eigenvalue weighted by Gasteiger charge is 2.08. The van der Waals surface area contributed by atoms with E-state index >= 15 is 0 Å². The van der Waals surface area contributed by atoms with Crippen LogP contribution in [0.5, 0.6) is 0 Å². The molecule has 0 aliphatic rings. The Morgan fingerprint density at radius 3 is 1.38 bits per heavy atom. The molecule has 4 rings (SSSR count). The molecule has 0 spiro atoms. The Kier molecular flexibility index (Phi) is 2.91. The van der Waals surface area contributed by atoms with Gasteiger partial charge in [-0.25, -0.2) is 0 Å². The Morgan fingerprint density at radius 1 is 0.429 bits per heavy atom. The predicted molar refractivity (Wildman–Crippen MR) is 89.1 cm³/mol. The molecule has 0 atom stereocenters. The Labute approximate surface area is 123 Å². The number of quaternary nitrogens is 1. The second-order valence-corrected chi connectivity index (χ2v) is 5.28. The normalized spacial score (nSPS) is 11.0. The molecule has 100 valence electrons. The Balaban J connectivity index is 1.87. The van der Waals surface area contributed by atoms with Crippen molar-refractivity contribution in [2.24, 2.45) is 0 Å². The van der Waals surface area contributed by atoms with E-state index in [1.807, 2.05) is 0 Å². The molecule has 0 aliphatic carbocycles. The van der Waals surface area contributed by atoms with Gasteiger partial charge in [-0.3, -0.25) is 5.32 Å². The smallest absolute Gasteiger partial charge is 0.142 e. The van der Waals surface area contributed by atoms with E-state index in [0.717, 1.165) is 0 Å². The van der Waals surface area contributed by atoms with E-state index in [9.17, 15) is 0 Å². The third kappa shape index (κ3) is 2.18. The summed E-state index contributed by atoms with van der Waals surface area (Å²) in [4.78, 5) is 0. The molecule has 0 saturated heterocycles. The van der Waals surface area contributed by atoms with Crippen molar-refractivity contribution in [3.8, 4) is 0 Å². The fraction of sp³-hybridized carbons (Fsp3) is 0. The van der Waals surface area contributed by atoms with Crippen molar-refractivity contribution < 1.29 is 5.32 Å². The molecule has 0 saturated carbocycles. The average Bonchev–Trinajstić information content (AvgIpc) is 2.56. The van der Waals surface area contributed by atoms with Gasteiger partial charge in [-0.1, -0.05) is 60.7 Å². The van der Waals surface area contributed by atoms with E-state index in [-0.39, 0.29) is 0 Å². The molecule has 0 fully saturated rings. The maximum Gasteiger partial charge on any atom is 0.142 e. The van der Waals surface area contributed by atoms with Crippen LogP contribution >= 0.6 is 0 Å². The third-order valence-corrected chi connectivity index (χ3v) is 3.96. The SMILES string of the molecule is c1ccc2c([NH2+]c3cccc4ccccc34)cccc2c1. The molecule has 0 heterocycles. The quantitative estimate of drug-likeness (QED) is 0.516. The summed E-state index contributed by atoms with van der Waals surface area (Å²) in [7, 11) is 0. The largest absolute Gasteiger partial charge is 0.281 e. The van der Waals surface area contributed by atoms with E-state index in [2.05, 4.69) is 90.2 Å². The minimum Gasteiger partial charge on any atom is -0.281 e. The highest BCUT2D eigenvalue weighted by atomic mass is 14.9. The van der Waals surface area contributed by atoms with Gasteiger partial charge in [-0.05, 0) is 22.9 Å².